The summed E-state index contributed by atoms with van der Waals surface area (Å²) < 4.78 is 0. The van der Waals surface area contributed by atoms with E-state index in [4.69, 9.17) is 0 Å². The molecule has 2 aromatic rings. The van der Waals surface area contributed by atoms with Crippen molar-refractivity contribution in [3.05, 3.63) is 41.0 Å². The Morgan fingerprint density at radius 1 is 1.33 bits per heavy atom. The predicted octanol–water partition coefficient (Wildman–Crippen LogP) is 2.42. The van der Waals surface area contributed by atoms with Crippen LogP contribution in [-0.2, 0) is 4.79 Å². The lowest BCUT2D eigenvalue weighted by atomic mass is 10.2. The molecule has 3 nitrogen and oxygen atoms in total. The first-order valence-corrected chi connectivity index (χ1v) is 5.25. The van der Waals surface area contributed by atoms with Crippen molar-refractivity contribution < 1.29 is 4.79 Å². The molecule has 4 heteroatoms. The zero-order chi connectivity index (χ0) is 10.5. The highest BCUT2D eigenvalue weighted by Crippen LogP contribution is 2.23. The van der Waals surface area contributed by atoms with Crippen molar-refractivity contribution in [1.29, 1.82) is 0 Å². The normalized spacial score (nSPS) is 10.7. The second-order valence-electron chi connectivity index (χ2n) is 2.82. The van der Waals surface area contributed by atoms with E-state index >= 15 is 0 Å². The van der Waals surface area contributed by atoms with Crippen LogP contribution in [0.25, 0.3) is 17.3 Å². The number of hydrogen-bond acceptors (Lipinski definition) is 4. The van der Waals surface area contributed by atoms with Crippen molar-refractivity contribution in [2.24, 2.45) is 0 Å². The highest BCUT2D eigenvalue weighted by molar-refractivity contribution is 7.11. The van der Waals surface area contributed by atoms with Crippen LogP contribution < -0.4 is 0 Å². The minimum absolute atomic E-state index is 0.766. The highest BCUT2D eigenvalue weighted by Gasteiger charge is 2.01. The van der Waals surface area contributed by atoms with Crippen LogP contribution in [0, 0.1) is 0 Å². The Labute approximate surface area is 91.1 Å². The van der Waals surface area contributed by atoms with E-state index in [1.807, 2.05) is 11.4 Å². The number of thiophene rings is 1. The first kappa shape index (κ1) is 9.73. The summed E-state index contributed by atoms with van der Waals surface area (Å²) in [4.78, 5) is 19.4. The third-order valence-corrected chi connectivity index (χ3v) is 2.72. The maximum Gasteiger partial charge on any atom is 0.142 e. The molecule has 0 aromatic carbocycles. The summed E-state index contributed by atoms with van der Waals surface area (Å²) in [6, 6.07) is 1.98. The van der Waals surface area contributed by atoms with Gasteiger partial charge in [-0.25, -0.2) is 0 Å². The molecular weight excluding hydrogens is 208 g/mol. The van der Waals surface area contributed by atoms with Crippen LogP contribution in [0.4, 0.5) is 0 Å². The van der Waals surface area contributed by atoms with Crippen LogP contribution in [0.5, 0.6) is 0 Å². The van der Waals surface area contributed by atoms with Crippen molar-refractivity contribution in [1.82, 2.24) is 9.97 Å². The summed E-state index contributed by atoms with van der Waals surface area (Å²) in [7, 11) is 0. The van der Waals surface area contributed by atoms with Gasteiger partial charge >= 0.3 is 0 Å². The molecule has 2 aromatic heterocycles. The smallest absolute Gasteiger partial charge is 0.142 e. The van der Waals surface area contributed by atoms with E-state index in [2.05, 4.69) is 9.97 Å². The fourth-order valence-electron chi connectivity index (χ4n) is 1.16. The third kappa shape index (κ3) is 2.35. The number of aldehydes is 1. The summed E-state index contributed by atoms with van der Waals surface area (Å²) in [5, 5.41) is 1.99. The van der Waals surface area contributed by atoms with Crippen molar-refractivity contribution in [2.45, 2.75) is 0 Å². The molecule has 2 rings (SSSR count). The van der Waals surface area contributed by atoms with Gasteiger partial charge in [-0.3, -0.25) is 14.8 Å². The number of nitrogens with zero attached hydrogens (tertiary/aromatic N) is 2. The summed E-state index contributed by atoms with van der Waals surface area (Å²) in [5.41, 5.74) is 1.87. The van der Waals surface area contributed by atoms with E-state index in [1.165, 1.54) is 6.08 Å². The van der Waals surface area contributed by atoms with Crippen LogP contribution in [0.2, 0.25) is 0 Å². The van der Waals surface area contributed by atoms with Gasteiger partial charge in [-0.15, -0.1) is 11.3 Å². The Balaban J connectivity index is 2.28. The Bertz CT molecular complexity index is 476. The molecule has 0 atom stereocenters. The molecule has 0 saturated carbocycles. The molecule has 0 bridgehead atoms. The average molecular weight is 216 g/mol. The Hall–Kier alpha value is -1.81. The molecule has 0 spiro atoms. The first-order valence-electron chi connectivity index (χ1n) is 4.37. The van der Waals surface area contributed by atoms with Crippen molar-refractivity contribution >= 4 is 23.7 Å². The predicted molar refractivity (Wildman–Crippen MR) is 60.4 cm³/mol. The van der Waals surface area contributed by atoms with Crippen LogP contribution in [0.1, 0.15) is 4.88 Å². The van der Waals surface area contributed by atoms with Crippen molar-refractivity contribution in [3.8, 4) is 11.3 Å². The molecule has 0 aliphatic rings. The van der Waals surface area contributed by atoms with E-state index in [-0.39, 0.29) is 0 Å². The lowest BCUT2D eigenvalue weighted by molar-refractivity contribution is -0.104. The maximum absolute atomic E-state index is 10.2. The van der Waals surface area contributed by atoms with E-state index in [0.717, 1.165) is 22.4 Å². The van der Waals surface area contributed by atoms with E-state index in [1.54, 1.807) is 36.0 Å². The van der Waals surface area contributed by atoms with E-state index in [0.29, 0.717) is 0 Å². The Kier molecular flexibility index (Phi) is 2.99. The van der Waals surface area contributed by atoms with Crippen molar-refractivity contribution in [2.75, 3.05) is 0 Å². The molecule has 0 aliphatic heterocycles. The zero-order valence-corrected chi connectivity index (χ0v) is 8.65. The molecule has 0 fully saturated rings. The first-order chi connectivity index (χ1) is 7.40. The molecule has 0 N–H and O–H groups in total. The largest absolute Gasteiger partial charge is 0.299 e. The van der Waals surface area contributed by atoms with Crippen LogP contribution >= 0.6 is 11.3 Å². The molecule has 0 saturated heterocycles. The average Bonchev–Trinajstić information content (AvgIpc) is 2.76. The Morgan fingerprint density at radius 2 is 2.27 bits per heavy atom. The maximum atomic E-state index is 10.2. The second-order valence-corrected chi connectivity index (χ2v) is 3.77. The molecule has 2 heterocycles. The lowest BCUT2D eigenvalue weighted by Crippen LogP contribution is -1.80. The fourth-order valence-corrected chi connectivity index (χ4v) is 1.96. The zero-order valence-electron chi connectivity index (χ0n) is 7.83. The number of rotatable bonds is 3. The SMILES string of the molecule is O=C/C=C/c1cc(-c2cnccn2)cs1. The monoisotopic (exact) mass is 216 g/mol. The molecule has 15 heavy (non-hydrogen) atoms. The van der Waals surface area contributed by atoms with Gasteiger partial charge in [-0.05, 0) is 18.2 Å². The van der Waals surface area contributed by atoms with Gasteiger partial charge in [-0.2, -0.15) is 0 Å². The van der Waals surface area contributed by atoms with Gasteiger partial charge in [-0.1, -0.05) is 0 Å². The number of carbonyl (C=O) groups excluding carboxylic acids is 1. The standard InChI is InChI=1S/C11H8N2OS/c14-5-1-2-10-6-9(8-15-10)11-7-12-3-4-13-11/h1-8H/b2-1+. The molecule has 0 radical (unpaired) electrons. The van der Waals surface area contributed by atoms with Gasteiger partial charge in [0, 0.05) is 28.2 Å². The fraction of sp³-hybridized carbons (Fsp3) is 0. The minimum Gasteiger partial charge on any atom is -0.299 e. The van der Waals surface area contributed by atoms with Crippen LogP contribution in [-0.4, -0.2) is 16.3 Å². The van der Waals surface area contributed by atoms with Gasteiger partial charge in [0.05, 0.1) is 11.9 Å². The summed E-state index contributed by atoms with van der Waals surface area (Å²) >= 11 is 1.57. The minimum atomic E-state index is 0.766. The van der Waals surface area contributed by atoms with E-state index in [9.17, 15) is 4.79 Å². The summed E-state index contributed by atoms with van der Waals surface area (Å²) in [5.74, 6) is 0. The third-order valence-electron chi connectivity index (χ3n) is 1.82. The molecule has 0 amide bonds. The van der Waals surface area contributed by atoms with Gasteiger partial charge in [0.1, 0.15) is 6.29 Å². The molecule has 74 valence electrons. The van der Waals surface area contributed by atoms with Crippen molar-refractivity contribution in [3.63, 3.8) is 0 Å². The number of aromatic nitrogens is 2. The lowest BCUT2D eigenvalue weighted by Gasteiger charge is -1.92. The molecular formula is C11H8N2OS. The number of carbonyl (C=O) groups is 1. The second kappa shape index (κ2) is 4.61. The van der Waals surface area contributed by atoms with Gasteiger partial charge in [0.15, 0.2) is 0 Å². The topological polar surface area (TPSA) is 42.9 Å². The van der Waals surface area contributed by atoms with Crippen LogP contribution in [0.3, 0.4) is 0 Å². The summed E-state index contributed by atoms with van der Waals surface area (Å²) in [6.45, 7) is 0. The highest BCUT2D eigenvalue weighted by atomic mass is 32.1. The van der Waals surface area contributed by atoms with Gasteiger partial charge in [0.25, 0.3) is 0 Å². The number of allylic oxidation sites excluding steroid dienone is 1. The number of hydrogen-bond donors (Lipinski definition) is 0. The van der Waals surface area contributed by atoms with Gasteiger partial charge in [0.2, 0.25) is 0 Å². The van der Waals surface area contributed by atoms with Gasteiger partial charge < -0.3 is 0 Å². The van der Waals surface area contributed by atoms with E-state index < -0.39 is 0 Å². The molecule has 0 unspecified atom stereocenters. The Morgan fingerprint density at radius 3 is 3.00 bits per heavy atom. The molecule has 0 aliphatic carbocycles. The quantitative estimate of drug-likeness (QED) is 0.584. The summed E-state index contributed by atoms with van der Waals surface area (Å²) in [6.07, 6.45) is 9.04. The van der Waals surface area contributed by atoms with Crippen LogP contribution in [0.15, 0.2) is 36.1 Å².